The summed E-state index contributed by atoms with van der Waals surface area (Å²) < 4.78 is 50.3. The summed E-state index contributed by atoms with van der Waals surface area (Å²) in [5.41, 5.74) is 0. The maximum atomic E-state index is 13.1. The second kappa shape index (κ2) is 8.32. The fourth-order valence-corrected chi connectivity index (χ4v) is 3.16. The fraction of sp³-hybridized carbons (Fsp3) is 0.250. The molecule has 0 atom stereocenters. The van der Waals surface area contributed by atoms with E-state index in [1.807, 2.05) is 6.92 Å². The van der Waals surface area contributed by atoms with Crippen LogP contribution in [0, 0.1) is 5.82 Å². The van der Waals surface area contributed by atoms with Crippen LogP contribution < -0.4 is 14.2 Å². The third-order valence-electron chi connectivity index (χ3n) is 3.00. The van der Waals surface area contributed by atoms with Gasteiger partial charge in [0, 0.05) is 6.54 Å². The first-order valence-corrected chi connectivity index (χ1v) is 9.09. The predicted molar refractivity (Wildman–Crippen MR) is 89.7 cm³/mol. The minimum atomic E-state index is -3.77. The van der Waals surface area contributed by atoms with Crippen molar-refractivity contribution in [3.63, 3.8) is 0 Å². The van der Waals surface area contributed by atoms with Crippen molar-refractivity contribution in [3.05, 3.63) is 53.3 Å². The highest BCUT2D eigenvalue weighted by Gasteiger charge is 2.15. The Hall–Kier alpha value is -1.83. The van der Waals surface area contributed by atoms with E-state index in [1.165, 1.54) is 0 Å². The Balaban J connectivity index is 1.85. The maximum Gasteiger partial charge on any atom is 0.240 e. The SMILES string of the molecule is CCOc1ccc(OCCNS(=O)(=O)c2ccc(F)c(Cl)c2)cc1. The highest BCUT2D eigenvalue weighted by molar-refractivity contribution is 7.89. The summed E-state index contributed by atoms with van der Waals surface area (Å²) in [6.45, 7) is 2.67. The van der Waals surface area contributed by atoms with E-state index in [9.17, 15) is 12.8 Å². The van der Waals surface area contributed by atoms with Gasteiger partial charge >= 0.3 is 0 Å². The zero-order chi connectivity index (χ0) is 17.6. The lowest BCUT2D eigenvalue weighted by molar-refractivity contribution is 0.319. The Labute approximate surface area is 145 Å². The average molecular weight is 374 g/mol. The Morgan fingerprint density at radius 3 is 2.29 bits per heavy atom. The molecule has 0 saturated heterocycles. The number of halogens is 2. The van der Waals surface area contributed by atoms with Crippen molar-refractivity contribution in [3.8, 4) is 11.5 Å². The van der Waals surface area contributed by atoms with Crippen LogP contribution in [0.3, 0.4) is 0 Å². The fourth-order valence-electron chi connectivity index (χ4n) is 1.87. The summed E-state index contributed by atoms with van der Waals surface area (Å²) >= 11 is 5.59. The summed E-state index contributed by atoms with van der Waals surface area (Å²) in [7, 11) is -3.77. The van der Waals surface area contributed by atoms with Gasteiger partial charge in [-0.25, -0.2) is 17.5 Å². The molecule has 0 fully saturated rings. The smallest absolute Gasteiger partial charge is 0.240 e. The lowest BCUT2D eigenvalue weighted by Crippen LogP contribution is -2.28. The van der Waals surface area contributed by atoms with Gasteiger partial charge in [0.2, 0.25) is 10.0 Å². The van der Waals surface area contributed by atoms with Crippen LogP contribution in [0.15, 0.2) is 47.4 Å². The van der Waals surface area contributed by atoms with Gasteiger partial charge in [-0.15, -0.1) is 0 Å². The van der Waals surface area contributed by atoms with E-state index in [4.69, 9.17) is 21.1 Å². The van der Waals surface area contributed by atoms with Crippen molar-refractivity contribution in [1.29, 1.82) is 0 Å². The van der Waals surface area contributed by atoms with Gasteiger partial charge in [-0.3, -0.25) is 0 Å². The first kappa shape index (κ1) is 18.5. The molecule has 8 heteroatoms. The normalized spacial score (nSPS) is 11.3. The molecule has 0 aromatic heterocycles. The van der Waals surface area contributed by atoms with E-state index in [0.29, 0.717) is 12.4 Å². The van der Waals surface area contributed by atoms with Gasteiger partial charge < -0.3 is 9.47 Å². The Kier molecular flexibility index (Phi) is 6.42. The van der Waals surface area contributed by atoms with Gasteiger partial charge in [0.15, 0.2) is 0 Å². The molecule has 0 saturated carbocycles. The summed E-state index contributed by atoms with van der Waals surface area (Å²) in [6, 6.07) is 10.2. The predicted octanol–water partition coefficient (Wildman–Crippen LogP) is 3.24. The van der Waals surface area contributed by atoms with E-state index in [2.05, 4.69) is 4.72 Å². The lowest BCUT2D eigenvalue weighted by Gasteiger charge is -2.09. The standard InChI is InChI=1S/C16H17ClFNO4S/c1-2-22-12-3-5-13(6-4-12)23-10-9-19-24(20,21)14-7-8-16(18)15(17)11-14/h3-8,11,19H,2,9-10H2,1H3. The number of sulfonamides is 1. The molecule has 0 amide bonds. The number of hydrogen-bond acceptors (Lipinski definition) is 4. The number of hydrogen-bond donors (Lipinski definition) is 1. The van der Waals surface area contributed by atoms with Crippen molar-refractivity contribution in [2.24, 2.45) is 0 Å². The summed E-state index contributed by atoms with van der Waals surface area (Å²) in [5, 5.41) is -0.247. The molecule has 0 aliphatic carbocycles. The van der Waals surface area contributed by atoms with E-state index >= 15 is 0 Å². The maximum absolute atomic E-state index is 13.1. The minimum Gasteiger partial charge on any atom is -0.494 e. The third kappa shape index (κ3) is 5.09. The highest BCUT2D eigenvalue weighted by Crippen LogP contribution is 2.19. The number of nitrogens with one attached hydrogen (secondary N) is 1. The van der Waals surface area contributed by atoms with Gasteiger partial charge in [0.1, 0.15) is 23.9 Å². The lowest BCUT2D eigenvalue weighted by atomic mass is 10.3. The topological polar surface area (TPSA) is 64.6 Å². The van der Waals surface area contributed by atoms with E-state index in [1.54, 1.807) is 24.3 Å². The Morgan fingerprint density at radius 1 is 1.08 bits per heavy atom. The van der Waals surface area contributed by atoms with Crippen molar-refractivity contribution >= 4 is 21.6 Å². The largest absolute Gasteiger partial charge is 0.494 e. The highest BCUT2D eigenvalue weighted by atomic mass is 35.5. The van der Waals surface area contributed by atoms with Crippen LogP contribution in [0.2, 0.25) is 5.02 Å². The van der Waals surface area contributed by atoms with Crippen LogP contribution >= 0.6 is 11.6 Å². The third-order valence-corrected chi connectivity index (χ3v) is 4.75. The van der Waals surface area contributed by atoms with Crippen molar-refractivity contribution in [2.75, 3.05) is 19.8 Å². The van der Waals surface area contributed by atoms with Crippen molar-refractivity contribution in [2.45, 2.75) is 11.8 Å². The molecule has 0 unspecified atom stereocenters. The van der Waals surface area contributed by atoms with E-state index in [-0.39, 0.29) is 23.1 Å². The quantitative estimate of drug-likeness (QED) is 0.721. The molecule has 2 rings (SSSR count). The first-order chi connectivity index (χ1) is 11.4. The molecule has 0 radical (unpaired) electrons. The van der Waals surface area contributed by atoms with Crippen molar-refractivity contribution < 1.29 is 22.3 Å². The molecular formula is C16H17ClFNO4S. The van der Waals surface area contributed by atoms with Crippen LogP contribution in [0.4, 0.5) is 4.39 Å². The Morgan fingerprint density at radius 2 is 1.71 bits per heavy atom. The zero-order valence-corrected chi connectivity index (χ0v) is 14.5. The molecule has 5 nitrogen and oxygen atoms in total. The zero-order valence-electron chi connectivity index (χ0n) is 13.0. The average Bonchev–Trinajstić information content (AvgIpc) is 2.56. The molecule has 0 spiro atoms. The second-order valence-corrected chi connectivity index (χ2v) is 6.90. The minimum absolute atomic E-state index is 0.0601. The van der Waals surface area contributed by atoms with E-state index in [0.717, 1.165) is 23.9 Å². The molecule has 24 heavy (non-hydrogen) atoms. The van der Waals surface area contributed by atoms with Gasteiger partial charge in [-0.1, -0.05) is 11.6 Å². The van der Waals surface area contributed by atoms with Crippen LogP contribution in [0.25, 0.3) is 0 Å². The summed E-state index contributed by atoms with van der Waals surface area (Å²) in [4.78, 5) is -0.102. The molecule has 0 aliphatic heterocycles. The van der Waals surface area contributed by atoms with Crippen molar-refractivity contribution in [1.82, 2.24) is 4.72 Å². The van der Waals surface area contributed by atoms with Gasteiger partial charge in [-0.2, -0.15) is 0 Å². The molecule has 0 bridgehead atoms. The summed E-state index contributed by atoms with van der Waals surface area (Å²) in [6.07, 6.45) is 0. The number of benzene rings is 2. The number of ether oxygens (including phenoxy) is 2. The van der Waals surface area contributed by atoms with Crippen LogP contribution in [-0.4, -0.2) is 28.2 Å². The molecule has 0 aliphatic rings. The number of rotatable bonds is 8. The Bertz CT molecular complexity index is 781. The van der Waals surface area contributed by atoms with E-state index < -0.39 is 15.8 Å². The first-order valence-electron chi connectivity index (χ1n) is 7.23. The molecular weight excluding hydrogens is 357 g/mol. The van der Waals surface area contributed by atoms with Crippen LogP contribution in [0.5, 0.6) is 11.5 Å². The monoisotopic (exact) mass is 373 g/mol. The summed E-state index contributed by atoms with van der Waals surface area (Å²) in [5.74, 6) is 0.663. The molecule has 130 valence electrons. The van der Waals surface area contributed by atoms with Gasteiger partial charge in [0.05, 0.1) is 16.5 Å². The van der Waals surface area contributed by atoms with Gasteiger partial charge in [0.25, 0.3) is 0 Å². The molecule has 0 heterocycles. The second-order valence-electron chi connectivity index (χ2n) is 4.73. The van der Waals surface area contributed by atoms with Crippen LogP contribution in [0.1, 0.15) is 6.92 Å². The van der Waals surface area contributed by atoms with Gasteiger partial charge in [-0.05, 0) is 49.4 Å². The molecule has 1 N–H and O–H groups in total. The van der Waals surface area contributed by atoms with Crippen LogP contribution in [-0.2, 0) is 10.0 Å². The molecule has 2 aromatic rings. The molecule has 2 aromatic carbocycles.